The number of nitro benzene ring substituents is 1. The second kappa shape index (κ2) is 11.2. The maximum atomic E-state index is 12.8. The fourth-order valence-electron chi connectivity index (χ4n) is 2.99. The average molecular weight is 551 g/mol. The molecule has 1 aliphatic heterocycles. The highest BCUT2D eigenvalue weighted by Gasteiger charge is 2.35. The third-order valence-corrected chi connectivity index (χ3v) is 6.05. The zero-order valence-corrected chi connectivity index (χ0v) is 20.5. The summed E-state index contributed by atoms with van der Waals surface area (Å²) in [7, 11) is 1.43. The summed E-state index contributed by atoms with van der Waals surface area (Å²) in [4.78, 5) is 48.4. The van der Waals surface area contributed by atoms with Crippen molar-refractivity contribution in [1.82, 2.24) is 4.90 Å². The van der Waals surface area contributed by atoms with Gasteiger partial charge in [0.15, 0.2) is 18.1 Å². The van der Waals surface area contributed by atoms with Crippen LogP contribution in [0.3, 0.4) is 0 Å². The molecule has 1 fully saturated rings. The number of thioether (sulfide) groups is 1. The summed E-state index contributed by atoms with van der Waals surface area (Å²) < 4.78 is 16.2. The number of imide groups is 1. The largest absolute Gasteiger partial charge is 0.493 e. The van der Waals surface area contributed by atoms with Gasteiger partial charge in [-0.05, 0) is 64.0 Å². The first kappa shape index (κ1) is 25.2. The van der Waals surface area contributed by atoms with Crippen LogP contribution in [0.15, 0.2) is 45.8 Å². The Bertz CT molecular complexity index is 1170. The van der Waals surface area contributed by atoms with E-state index >= 15 is 0 Å². The molecule has 1 saturated heterocycles. The summed E-state index contributed by atoms with van der Waals surface area (Å²) in [6.45, 7) is 1.62. The highest BCUT2D eigenvalue weighted by Crippen LogP contribution is 2.39. The molecule has 178 valence electrons. The summed E-state index contributed by atoms with van der Waals surface area (Å²) in [6, 6.07) is 8.91. The van der Waals surface area contributed by atoms with E-state index in [1.807, 2.05) is 0 Å². The number of hydrogen-bond acceptors (Lipinski definition) is 9. The van der Waals surface area contributed by atoms with Gasteiger partial charge in [-0.2, -0.15) is 0 Å². The SMILES string of the molecule is CCOC(=O)COc1c(Br)cc(/C=C2\SC(=O)N(Cc3ccc([N+](=O)[O-])cc3)C2=O)cc1OC. The van der Waals surface area contributed by atoms with Crippen LogP contribution < -0.4 is 9.47 Å². The number of benzene rings is 2. The van der Waals surface area contributed by atoms with E-state index in [0.717, 1.165) is 16.7 Å². The van der Waals surface area contributed by atoms with Crippen molar-refractivity contribution in [2.24, 2.45) is 0 Å². The van der Waals surface area contributed by atoms with Crippen molar-refractivity contribution in [3.8, 4) is 11.5 Å². The second-order valence-corrected chi connectivity index (χ2v) is 8.67. The predicted octanol–water partition coefficient (Wildman–Crippen LogP) is 4.54. The van der Waals surface area contributed by atoms with Crippen LogP contribution in [0.2, 0.25) is 0 Å². The van der Waals surface area contributed by atoms with E-state index in [-0.39, 0.29) is 30.4 Å². The Balaban J connectivity index is 1.77. The average Bonchev–Trinajstić information content (AvgIpc) is 3.05. The number of non-ortho nitro benzene ring substituents is 1. The Morgan fingerprint density at radius 3 is 2.56 bits per heavy atom. The van der Waals surface area contributed by atoms with Crippen LogP contribution in [-0.2, 0) is 20.9 Å². The molecule has 2 aromatic rings. The van der Waals surface area contributed by atoms with Crippen LogP contribution in [-0.4, -0.2) is 47.3 Å². The molecular formula is C22H19BrN2O8S. The van der Waals surface area contributed by atoms with Crippen molar-refractivity contribution in [2.75, 3.05) is 20.3 Å². The van der Waals surface area contributed by atoms with Crippen molar-refractivity contribution >= 4 is 56.6 Å². The van der Waals surface area contributed by atoms with Gasteiger partial charge in [0, 0.05) is 12.1 Å². The smallest absolute Gasteiger partial charge is 0.344 e. The summed E-state index contributed by atoms with van der Waals surface area (Å²) in [6.07, 6.45) is 1.54. The normalized spacial score (nSPS) is 14.4. The van der Waals surface area contributed by atoms with Crippen LogP contribution in [0.1, 0.15) is 18.1 Å². The first-order chi connectivity index (χ1) is 16.2. The second-order valence-electron chi connectivity index (χ2n) is 6.82. The molecule has 0 bridgehead atoms. The molecule has 34 heavy (non-hydrogen) atoms. The number of amides is 2. The molecule has 2 amide bonds. The molecule has 0 aromatic heterocycles. The van der Waals surface area contributed by atoms with Crippen LogP contribution >= 0.6 is 27.7 Å². The Kier molecular flexibility index (Phi) is 8.29. The number of nitrogens with zero attached hydrogens (tertiary/aromatic N) is 2. The number of halogens is 1. The van der Waals surface area contributed by atoms with Gasteiger partial charge in [-0.1, -0.05) is 12.1 Å². The fourth-order valence-corrected chi connectivity index (χ4v) is 4.40. The van der Waals surface area contributed by atoms with E-state index in [1.165, 1.54) is 31.4 Å². The van der Waals surface area contributed by atoms with Gasteiger partial charge < -0.3 is 14.2 Å². The van der Waals surface area contributed by atoms with Crippen molar-refractivity contribution in [3.63, 3.8) is 0 Å². The van der Waals surface area contributed by atoms with Crippen molar-refractivity contribution < 1.29 is 33.5 Å². The summed E-state index contributed by atoms with van der Waals surface area (Å²) in [5, 5.41) is 10.3. The van der Waals surface area contributed by atoms with Gasteiger partial charge in [0.25, 0.3) is 16.8 Å². The number of methoxy groups -OCH3 is 1. The highest BCUT2D eigenvalue weighted by atomic mass is 79.9. The van der Waals surface area contributed by atoms with E-state index in [9.17, 15) is 24.5 Å². The van der Waals surface area contributed by atoms with Gasteiger partial charge in [-0.15, -0.1) is 0 Å². The molecule has 0 atom stereocenters. The lowest BCUT2D eigenvalue weighted by Gasteiger charge is -2.13. The summed E-state index contributed by atoms with van der Waals surface area (Å²) in [5.74, 6) is -0.401. The quantitative estimate of drug-likeness (QED) is 0.191. The Morgan fingerprint density at radius 2 is 1.94 bits per heavy atom. The molecule has 2 aromatic carbocycles. The number of esters is 1. The molecule has 3 rings (SSSR count). The topological polar surface area (TPSA) is 125 Å². The van der Waals surface area contributed by atoms with Crippen molar-refractivity contribution in [1.29, 1.82) is 0 Å². The number of rotatable bonds is 9. The fraction of sp³-hybridized carbons (Fsp3) is 0.227. The van der Waals surface area contributed by atoms with Gasteiger partial charge in [0.2, 0.25) is 0 Å². The minimum absolute atomic E-state index is 0.00630. The van der Waals surface area contributed by atoms with Gasteiger partial charge in [-0.25, -0.2) is 4.79 Å². The molecule has 0 aliphatic carbocycles. The predicted molar refractivity (Wildman–Crippen MR) is 127 cm³/mol. The standard InChI is InChI=1S/C22H19BrN2O8S/c1-3-32-19(26)12-33-20-16(23)8-14(9-17(20)31-2)10-18-21(27)24(22(28)34-18)11-13-4-6-15(7-5-13)25(29)30/h4-10H,3,11-12H2,1-2H3/b18-10-. The molecule has 1 aliphatic rings. The number of hydrogen-bond donors (Lipinski definition) is 0. The van der Waals surface area contributed by atoms with E-state index in [4.69, 9.17) is 14.2 Å². The number of carbonyl (C=O) groups excluding carboxylic acids is 3. The molecule has 0 N–H and O–H groups in total. The monoisotopic (exact) mass is 550 g/mol. The lowest BCUT2D eigenvalue weighted by atomic mass is 10.1. The van der Waals surface area contributed by atoms with Gasteiger partial charge in [0.1, 0.15) is 0 Å². The minimum atomic E-state index is -0.526. The van der Waals surface area contributed by atoms with Crippen molar-refractivity contribution in [3.05, 3.63) is 67.0 Å². The van der Waals surface area contributed by atoms with Crippen LogP contribution in [0.5, 0.6) is 11.5 Å². The Hall–Kier alpha value is -3.38. The molecule has 0 unspecified atom stereocenters. The van der Waals surface area contributed by atoms with Crippen LogP contribution in [0.4, 0.5) is 10.5 Å². The number of carbonyl (C=O) groups is 3. The molecule has 1 heterocycles. The van der Waals surface area contributed by atoms with Crippen LogP contribution in [0.25, 0.3) is 6.08 Å². The highest BCUT2D eigenvalue weighted by molar-refractivity contribution is 9.10. The summed E-state index contributed by atoms with van der Waals surface area (Å²) in [5.41, 5.74) is 1.07. The minimum Gasteiger partial charge on any atom is -0.493 e. The first-order valence-electron chi connectivity index (χ1n) is 9.88. The summed E-state index contributed by atoms with van der Waals surface area (Å²) >= 11 is 4.16. The molecule has 10 nitrogen and oxygen atoms in total. The number of ether oxygens (including phenoxy) is 3. The van der Waals surface area contributed by atoms with E-state index in [1.54, 1.807) is 25.1 Å². The zero-order valence-electron chi connectivity index (χ0n) is 18.1. The number of nitro groups is 1. The van der Waals surface area contributed by atoms with Crippen molar-refractivity contribution in [2.45, 2.75) is 13.5 Å². The molecule has 0 saturated carbocycles. The van der Waals surface area contributed by atoms with Gasteiger partial charge in [-0.3, -0.25) is 24.6 Å². The van der Waals surface area contributed by atoms with Gasteiger partial charge >= 0.3 is 5.97 Å². The third-order valence-electron chi connectivity index (χ3n) is 4.55. The molecule has 12 heteroatoms. The Labute approximate surface area is 207 Å². The Morgan fingerprint density at radius 1 is 1.24 bits per heavy atom. The van der Waals surface area contributed by atoms with Gasteiger partial charge in [0.05, 0.1) is 34.6 Å². The third kappa shape index (κ3) is 5.94. The maximum Gasteiger partial charge on any atom is 0.344 e. The van der Waals surface area contributed by atoms with E-state index < -0.39 is 22.0 Å². The maximum absolute atomic E-state index is 12.8. The lowest BCUT2D eigenvalue weighted by Crippen LogP contribution is -2.27. The first-order valence-corrected chi connectivity index (χ1v) is 11.5. The van der Waals surface area contributed by atoms with E-state index in [0.29, 0.717) is 27.1 Å². The lowest BCUT2D eigenvalue weighted by molar-refractivity contribution is -0.384. The van der Waals surface area contributed by atoms with Crippen LogP contribution in [0, 0.1) is 10.1 Å². The molecule has 0 radical (unpaired) electrons. The molecule has 0 spiro atoms. The zero-order chi connectivity index (χ0) is 24.8. The molecular weight excluding hydrogens is 532 g/mol. The van der Waals surface area contributed by atoms with E-state index in [2.05, 4.69) is 15.9 Å².